The van der Waals surface area contributed by atoms with E-state index in [0.29, 0.717) is 6.04 Å². The van der Waals surface area contributed by atoms with E-state index >= 15 is 0 Å². The van der Waals surface area contributed by atoms with Crippen LogP contribution >= 0.6 is 0 Å². The van der Waals surface area contributed by atoms with E-state index in [1.807, 2.05) is 7.05 Å². The normalized spacial score (nSPS) is 30.0. The van der Waals surface area contributed by atoms with Gasteiger partial charge in [0.2, 0.25) is 0 Å². The quantitative estimate of drug-likeness (QED) is 0.593. The first-order chi connectivity index (χ1) is 4.84. The smallest absolute Gasteiger partial charge is 0.0959 e. The molecule has 1 rings (SSSR count). The first-order valence-electron chi connectivity index (χ1n) is 3.71. The Morgan fingerprint density at radius 3 is 2.80 bits per heavy atom. The van der Waals surface area contributed by atoms with Gasteiger partial charge in [0.05, 0.1) is 25.9 Å². The maximum absolute atomic E-state index is 5.44. The van der Waals surface area contributed by atoms with Gasteiger partial charge in [-0.2, -0.15) is 0 Å². The Morgan fingerprint density at radius 2 is 2.30 bits per heavy atom. The Hall–Kier alpha value is -0.120. The number of likely N-dealkylation sites (N-methyl/N-ethyl adjacent to an activating group) is 1. The predicted octanol–water partition coefficient (Wildman–Crippen LogP) is 0.00970. The van der Waals surface area contributed by atoms with Crippen molar-refractivity contribution in [3.8, 4) is 0 Å². The second-order valence-electron chi connectivity index (χ2n) is 2.56. The molecule has 1 heterocycles. The van der Waals surface area contributed by atoms with Gasteiger partial charge in [0.1, 0.15) is 0 Å². The highest BCUT2D eigenvalue weighted by Gasteiger charge is 2.19. The molecule has 2 unspecified atom stereocenters. The zero-order valence-electron chi connectivity index (χ0n) is 6.59. The van der Waals surface area contributed by atoms with Crippen molar-refractivity contribution in [1.29, 1.82) is 0 Å². The first-order valence-corrected chi connectivity index (χ1v) is 3.71. The van der Waals surface area contributed by atoms with Gasteiger partial charge < -0.3 is 14.8 Å². The molecule has 0 aromatic heterocycles. The lowest BCUT2D eigenvalue weighted by Crippen LogP contribution is -2.43. The summed E-state index contributed by atoms with van der Waals surface area (Å²) in [6.45, 7) is 4.30. The SMILES string of the molecule is CNC(C)C1COCCO1. The second-order valence-corrected chi connectivity index (χ2v) is 2.56. The molecule has 60 valence electrons. The Morgan fingerprint density at radius 1 is 1.50 bits per heavy atom. The van der Waals surface area contributed by atoms with Crippen LogP contribution in [0.15, 0.2) is 0 Å². The molecule has 0 aromatic carbocycles. The van der Waals surface area contributed by atoms with Crippen LogP contribution in [0, 0.1) is 0 Å². The Kier molecular flexibility index (Phi) is 3.12. The third kappa shape index (κ3) is 1.94. The van der Waals surface area contributed by atoms with Crippen LogP contribution in [0.25, 0.3) is 0 Å². The van der Waals surface area contributed by atoms with Crippen molar-refractivity contribution in [3.05, 3.63) is 0 Å². The Labute approximate surface area is 61.7 Å². The van der Waals surface area contributed by atoms with E-state index in [1.165, 1.54) is 0 Å². The van der Waals surface area contributed by atoms with E-state index in [0.717, 1.165) is 19.8 Å². The van der Waals surface area contributed by atoms with Crippen molar-refractivity contribution >= 4 is 0 Å². The number of ether oxygens (including phenoxy) is 2. The Balaban J connectivity index is 2.24. The van der Waals surface area contributed by atoms with E-state index in [2.05, 4.69) is 12.2 Å². The fourth-order valence-electron chi connectivity index (χ4n) is 0.981. The average molecular weight is 145 g/mol. The van der Waals surface area contributed by atoms with Crippen LogP contribution in [0.4, 0.5) is 0 Å². The van der Waals surface area contributed by atoms with Crippen molar-refractivity contribution in [2.75, 3.05) is 26.9 Å². The highest BCUT2D eigenvalue weighted by molar-refractivity contribution is 4.72. The minimum absolute atomic E-state index is 0.235. The molecule has 0 bridgehead atoms. The Bertz CT molecular complexity index is 91.6. The summed E-state index contributed by atoms with van der Waals surface area (Å²) in [5.74, 6) is 0. The minimum atomic E-state index is 0.235. The van der Waals surface area contributed by atoms with E-state index < -0.39 is 0 Å². The molecule has 10 heavy (non-hydrogen) atoms. The number of rotatable bonds is 2. The van der Waals surface area contributed by atoms with Crippen LogP contribution in [0.5, 0.6) is 0 Å². The molecule has 0 saturated carbocycles. The van der Waals surface area contributed by atoms with Crippen molar-refractivity contribution < 1.29 is 9.47 Å². The molecular formula is C7H15NO2. The average Bonchev–Trinajstić information content (AvgIpc) is 2.05. The summed E-state index contributed by atoms with van der Waals surface area (Å²) in [5, 5.41) is 3.13. The van der Waals surface area contributed by atoms with Crippen LogP contribution in [0.3, 0.4) is 0 Å². The highest BCUT2D eigenvalue weighted by Crippen LogP contribution is 2.04. The van der Waals surface area contributed by atoms with E-state index in [9.17, 15) is 0 Å². The molecule has 1 saturated heterocycles. The second kappa shape index (κ2) is 3.91. The zero-order valence-corrected chi connectivity index (χ0v) is 6.59. The third-order valence-corrected chi connectivity index (χ3v) is 1.85. The van der Waals surface area contributed by atoms with Crippen LogP contribution in [-0.4, -0.2) is 39.0 Å². The van der Waals surface area contributed by atoms with Gasteiger partial charge in [-0.15, -0.1) is 0 Å². The topological polar surface area (TPSA) is 30.5 Å². The third-order valence-electron chi connectivity index (χ3n) is 1.85. The largest absolute Gasteiger partial charge is 0.376 e. The standard InChI is InChI=1S/C7H15NO2/c1-6(8-2)7-5-9-3-4-10-7/h6-8H,3-5H2,1-2H3. The van der Waals surface area contributed by atoms with Crippen LogP contribution in [0.2, 0.25) is 0 Å². The summed E-state index contributed by atoms with van der Waals surface area (Å²) < 4.78 is 10.7. The molecule has 0 amide bonds. The maximum Gasteiger partial charge on any atom is 0.0959 e. The summed E-state index contributed by atoms with van der Waals surface area (Å²) in [6.07, 6.45) is 0.235. The van der Waals surface area contributed by atoms with Crippen molar-refractivity contribution in [2.24, 2.45) is 0 Å². The summed E-state index contributed by atoms with van der Waals surface area (Å²) in [4.78, 5) is 0. The molecule has 0 aliphatic carbocycles. The van der Waals surface area contributed by atoms with Crippen LogP contribution < -0.4 is 5.32 Å². The lowest BCUT2D eigenvalue weighted by Gasteiger charge is -2.27. The molecule has 3 nitrogen and oxygen atoms in total. The minimum Gasteiger partial charge on any atom is -0.376 e. The van der Waals surface area contributed by atoms with Gasteiger partial charge >= 0.3 is 0 Å². The molecule has 1 aliphatic rings. The van der Waals surface area contributed by atoms with Gasteiger partial charge in [-0.1, -0.05) is 0 Å². The summed E-state index contributed by atoms with van der Waals surface area (Å²) in [5.41, 5.74) is 0. The lowest BCUT2D eigenvalue weighted by atomic mass is 10.2. The molecule has 0 aromatic rings. The maximum atomic E-state index is 5.44. The molecule has 1 N–H and O–H groups in total. The molecule has 2 atom stereocenters. The van der Waals surface area contributed by atoms with Gasteiger partial charge in [0, 0.05) is 6.04 Å². The van der Waals surface area contributed by atoms with E-state index in [-0.39, 0.29) is 6.10 Å². The molecule has 1 fully saturated rings. The summed E-state index contributed by atoms with van der Waals surface area (Å²) >= 11 is 0. The van der Waals surface area contributed by atoms with Gasteiger partial charge in [-0.3, -0.25) is 0 Å². The lowest BCUT2D eigenvalue weighted by molar-refractivity contribution is -0.0982. The van der Waals surface area contributed by atoms with E-state index in [4.69, 9.17) is 9.47 Å². The molecular weight excluding hydrogens is 130 g/mol. The highest BCUT2D eigenvalue weighted by atomic mass is 16.6. The monoisotopic (exact) mass is 145 g/mol. The fourth-order valence-corrected chi connectivity index (χ4v) is 0.981. The molecule has 0 spiro atoms. The summed E-state index contributed by atoms with van der Waals surface area (Å²) in [7, 11) is 1.93. The van der Waals surface area contributed by atoms with E-state index in [1.54, 1.807) is 0 Å². The molecule has 0 radical (unpaired) electrons. The molecule has 3 heteroatoms. The first kappa shape index (κ1) is 7.98. The van der Waals surface area contributed by atoms with Gasteiger partial charge in [0.15, 0.2) is 0 Å². The number of hydrogen-bond donors (Lipinski definition) is 1. The zero-order chi connectivity index (χ0) is 7.40. The fraction of sp³-hybridized carbons (Fsp3) is 1.00. The summed E-state index contributed by atoms with van der Waals surface area (Å²) in [6, 6.07) is 0.389. The van der Waals surface area contributed by atoms with Gasteiger partial charge in [0.25, 0.3) is 0 Å². The van der Waals surface area contributed by atoms with Crippen LogP contribution in [-0.2, 0) is 9.47 Å². The van der Waals surface area contributed by atoms with Crippen molar-refractivity contribution in [3.63, 3.8) is 0 Å². The van der Waals surface area contributed by atoms with Gasteiger partial charge in [-0.05, 0) is 14.0 Å². The van der Waals surface area contributed by atoms with Gasteiger partial charge in [-0.25, -0.2) is 0 Å². The number of hydrogen-bond acceptors (Lipinski definition) is 3. The molecule has 1 aliphatic heterocycles. The van der Waals surface area contributed by atoms with Crippen LogP contribution in [0.1, 0.15) is 6.92 Å². The van der Waals surface area contributed by atoms with Crippen molar-refractivity contribution in [1.82, 2.24) is 5.32 Å². The van der Waals surface area contributed by atoms with Crippen molar-refractivity contribution in [2.45, 2.75) is 19.1 Å². The predicted molar refractivity (Wildman–Crippen MR) is 39.1 cm³/mol. The number of nitrogens with one attached hydrogen (secondary N) is 1.